The van der Waals surface area contributed by atoms with Crippen molar-refractivity contribution < 1.29 is 24.2 Å². The third-order valence-electron chi connectivity index (χ3n) is 3.59. The molecule has 0 bridgehead atoms. The first kappa shape index (κ1) is 20.2. The summed E-state index contributed by atoms with van der Waals surface area (Å²) in [4.78, 5) is 23.3. The van der Waals surface area contributed by atoms with E-state index in [1.165, 1.54) is 0 Å². The lowest BCUT2D eigenvalue weighted by Gasteiger charge is -2.23. The van der Waals surface area contributed by atoms with Gasteiger partial charge in [0.1, 0.15) is 19.0 Å². The van der Waals surface area contributed by atoms with E-state index in [2.05, 4.69) is 67.8 Å². The van der Waals surface area contributed by atoms with E-state index in [9.17, 15) is 14.7 Å². The van der Waals surface area contributed by atoms with E-state index in [1.807, 2.05) is 18.2 Å². The van der Waals surface area contributed by atoms with Gasteiger partial charge >= 0.3 is 11.9 Å². The van der Waals surface area contributed by atoms with Crippen molar-refractivity contribution in [1.29, 1.82) is 0 Å². The molecule has 0 saturated heterocycles. The molecule has 0 saturated carbocycles. The summed E-state index contributed by atoms with van der Waals surface area (Å²) in [7, 11) is 0. The maximum absolute atomic E-state index is 12.1. The fraction of sp³-hybridized carbons (Fsp3) is 0.375. The predicted molar refractivity (Wildman–Crippen MR) is 114 cm³/mol. The Balaban J connectivity index is 1.85. The van der Waals surface area contributed by atoms with E-state index in [1.54, 1.807) is 6.08 Å². The molecule has 2 atom stereocenters. The Morgan fingerprint density at radius 1 is 1.04 bits per heavy atom. The Morgan fingerprint density at radius 2 is 1.62 bits per heavy atom. The summed E-state index contributed by atoms with van der Waals surface area (Å²) >= 11 is 6.66. The fourth-order valence-corrected chi connectivity index (χ4v) is 6.30. The van der Waals surface area contributed by atoms with E-state index in [4.69, 9.17) is 9.47 Å². The van der Waals surface area contributed by atoms with E-state index in [-0.39, 0.29) is 13.2 Å². The van der Waals surface area contributed by atoms with Gasteiger partial charge in [0.05, 0.1) is 19.0 Å². The van der Waals surface area contributed by atoms with Gasteiger partial charge in [0, 0.05) is 3.57 Å². The number of hydrogen-bond acceptors (Lipinski definition) is 4. The molecule has 0 heterocycles. The average Bonchev–Trinajstić information content (AvgIpc) is 2.52. The topological polar surface area (TPSA) is 72.8 Å². The summed E-state index contributed by atoms with van der Waals surface area (Å²) < 4.78 is 14.1. The second kappa shape index (κ2) is 9.55. The van der Waals surface area contributed by atoms with Crippen LogP contribution in [-0.2, 0) is 14.3 Å². The van der Waals surface area contributed by atoms with E-state index >= 15 is 0 Å². The number of carboxylic acids is 1. The number of allylic oxidation sites excluding steroid dienone is 2. The summed E-state index contributed by atoms with van der Waals surface area (Å²) in [5, 5.41) is 9.19. The van der Waals surface area contributed by atoms with Gasteiger partial charge in [0.2, 0.25) is 0 Å². The number of benzene rings is 1. The predicted octanol–water partition coefficient (Wildman–Crippen LogP) is 4.09. The maximum Gasteiger partial charge on any atom is 0.310 e. The number of aliphatic carboxylic acids is 1. The zero-order valence-corrected chi connectivity index (χ0v) is 19.0. The number of rotatable bonds is 6. The van der Waals surface area contributed by atoms with Gasteiger partial charge in [-0.05, 0) is 92.7 Å². The van der Waals surface area contributed by atoms with Crippen LogP contribution in [0, 0.1) is 22.5 Å². The number of carboxylic acid groups (broad SMARTS) is 1. The molecule has 0 spiro atoms. The van der Waals surface area contributed by atoms with Crippen molar-refractivity contribution >= 4 is 79.7 Å². The molecule has 5 nitrogen and oxygen atoms in total. The first-order valence-corrected chi connectivity index (χ1v) is 10.5. The van der Waals surface area contributed by atoms with Crippen molar-refractivity contribution in [3.05, 3.63) is 35.0 Å². The van der Waals surface area contributed by atoms with Crippen LogP contribution in [0.1, 0.15) is 12.8 Å². The van der Waals surface area contributed by atoms with Gasteiger partial charge < -0.3 is 14.6 Å². The van der Waals surface area contributed by atoms with Crippen molar-refractivity contribution in [2.75, 3.05) is 13.2 Å². The van der Waals surface area contributed by atoms with E-state index < -0.39 is 23.8 Å². The number of carbonyl (C=O) groups excluding carboxylic acids is 1. The molecule has 24 heavy (non-hydrogen) atoms. The Hall–Kier alpha value is -0.110. The molecule has 1 aliphatic carbocycles. The van der Waals surface area contributed by atoms with Crippen LogP contribution in [-0.4, -0.2) is 30.3 Å². The number of esters is 1. The molecule has 0 aromatic heterocycles. The number of carbonyl (C=O) groups is 2. The average molecular weight is 668 g/mol. The molecule has 0 radical (unpaired) electrons. The minimum absolute atomic E-state index is 0.101. The minimum Gasteiger partial charge on any atom is -0.488 e. The third kappa shape index (κ3) is 5.44. The van der Waals surface area contributed by atoms with Crippen LogP contribution in [0.15, 0.2) is 24.3 Å². The SMILES string of the molecule is O=C(O)[C@@H]1CC=CC[C@H]1C(=O)OCCOc1c(I)cc(I)cc1I. The van der Waals surface area contributed by atoms with E-state index in [0.29, 0.717) is 12.8 Å². The molecule has 1 aromatic rings. The Morgan fingerprint density at radius 3 is 2.21 bits per heavy atom. The van der Waals surface area contributed by atoms with Gasteiger partial charge in [0.15, 0.2) is 0 Å². The van der Waals surface area contributed by atoms with Crippen LogP contribution < -0.4 is 4.74 Å². The van der Waals surface area contributed by atoms with Gasteiger partial charge in [-0.1, -0.05) is 12.2 Å². The standard InChI is InChI=1S/C16H15I3O5/c17-9-7-12(18)14(13(19)8-9)23-5-6-24-16(22)11-4-2-1-3-10(11)15(20)21/h1-2,7-8,10-11H,3-6H2,(H,20,21)/t10-,11-/m1/s1. The lowest BCUT2D eigenvalue weighted by molar-refractivity contribution is -0.158. The number of hydrogen-bond donors (Lipinski definition) is 1. The molecular weight excluding hydrogens is 653 g/mol. The molecule has 1 N–H and O–H groups in total. The summed E-state index contributed by atoms with van der Waals surface area (Å²) in [5.41, 5.74) is 0. The van der Waals surface area contributed by atoms with Gasteiger partial charge in [-0.3, -0.25) is 9.59 Å². The summed E-state index contributed by atoms with van der Waals surface area (Å²) in [6.45, 7) is 0.335. The maximum atomic E-state index is 12.1. The van der Waals surface area contributed by atoms with Crippen molar-refractivity contribution in [2.24, 2.45) is 11.8 Å². The normalized spacial score (nSPS) is 19.8. The molecule has 0 unspecified atom stereocenters. The Bertz CT molecular complexity index is 636. The zero-order chi connectivity index (χ0) is 17.7. The van der Waals surface area contributed by atoms with E-state index in [0.717, 1.165) is 16.5 Å². The van der Waals surface area contributed by atoms with Crippen LogP contribution in [0.25, 0.3) is 0 Å². The summed E-state index contributed by atoms with van der Waals surface area (Å²) in [5.74, 6) is -1.98. The smallest absolute Gasteiger partial charge is 0.310 e. The molecule has 1 aliphatic rings. The minimum atomic E-state index is -0.958. The Kier molecular flexibility index (Phi) is 8.04. The quantitative estimate of drug-likeness (QED) is 0.214. The lowest BCUT2D eigenvalue weighted by atomic mass is 9.83. The summed E-state index contributed by atoms with van der Waals surface area (Å²) in [6.07, 6.45) is 4.40. The van der Waals surface area contributed by atoms with Crippen molar-refractivity contribution in [3.8, 4) is 5.75 Å². The number of halogens is 3. The second-order valence-corrected chi connectivity index (χ2v) is 8.78. The zero-order valence-electron chi connectivity index (χ0n) is 12.5. The highest BCUT2D eigenvalue weighted by Crippen LogP contribution is 2.30. The van der Waals surface area contributed by atoms with Gasteiger partial charge in [0.25, 0.3) is 0 Å². The molecule has 0 aliphatic heterocycles. The van der Waals surface area contributed by atoms with Crippen LogP contribution in [0.5, 0.6) is 5.75 Å². The summed E-state index contributed by atoms with van der Waals surface area (Å²) in [6, 6.07) is 4.02. The van der Waals surface area contributed by atoms with Crippen molar-refractivity contribution in [1.82, 2.24) is 0 Å². The molecule has 8 heteroatoms. The monoisotopic (exact) mass is 668 g/mol. The van der Waals surface area contributed by atoms with Crippen molar-refractivity contribution in [2.45, 2.75) is 12.8 Å². The largest absolute Gasteiger partial charge is 0.488 e. The fourth-order valence-electron chi connectivity index (χ4n) is 2.41. The highest BCUT2D eigenvalue weighted by Gasteiger charge is 2.35. The highest BCUT2D eigenvalue weighted by molar-refractivity contribution is 14.1. The molecule has 0 fully saturated rings. The Labute approximate surface area is 181 Å². The molecule has 2 rings (SSSR count). The van der Waals surface area contributed by atoms with Gasteiger partial charge in [-0.25, -0.2) is 0 Å². The van der Waals surface area contributed by atoms with Gasteiger partial charge in [-0.2, -0.15) is 0 Å². The first-order chi connectivity index (χ1) is 11.4. The van der Waals surface area contributed by atoms with Crippen LogP contribution >= 0.6 is 67.8 Å². The second-order valence-electron chi connectivity index (χ2n) is 5.21. The lowest BCUT2D eigenvalue weighted by Crippen LogP contribution is -2.33. The van der Waals surface area contributed by atoms with Gasteiger partial charge in [-0.15, -0.1) is 0 Å². The molecule has 130 valence electrons. The van der Waals surface area contributed by atoms with Crippen LogP contribution in [0.2, 0.25) is 0 Å². The molecular formula is C16H15I3O5. The third-order valence-corrected chi connectivity index (χ3v) is 5.81. The molecule has 0 amide bonds. The van der Waals surface area contributed by atoms with Crippen molar-refractivity contribution in [3.63, 3.8) is 0 Å². The van der Waals surface area contributed by atoms with Crippen LogP contribution in [0.4, 0.5) is 0 Å². The van der Waals surface area contributed by atoms with Crippen LogP contribution in [0.3, 0.4) is 0 Å². The highest BCUT2D eigenvalue weighted by atomic mass is 127. The first-order valence-electron chi connectivity index (χ1n) is 7.22. The molecule has 1 aromatic carbocycles. The number of ether oxygens (including phenoxy) is 2.